The molecular weight excluding hydrogens is 216 g/mol. The third-order valence-electron chi connectivity index (χ3n) is 3.91. The number of carboxylic acids is 1. The van der Waals surface area contributed by atoms with Crippen molar-refractivity contribution in [3.05, 3.63) is 0 Å². The Balaban J connectivity index is 2.40. The molecule has 2 unspecified atom stereocenters. The molecular formula is C13H26N2O2. The normalized spacial score (nSPS) is 24.8. The van der Waals surface area contributed by atoms with Crippen molar-refractivity contribution in [1.82, 2.24) is 10.2 Å². The average Bonchev–Trinajstić information content (AvgIpc) is 2.74. The fourth-order valence-electron chi connectivity index (χ4n) is 2.49. The van der Waals surface area contributed by atoms with Gasteiger partial charge in [0.25, 0.3) is 0 Å². The monoisotopic (exact) mass is 242 g/mol. The lowest BCUT2D eigenvalue weighted by atomic mass is 9.97. The molecule has 100 valence electrons. The molecule has 2 atom stereocenters. The summed E-state index contributed by atoms with van der Waals surface area (Å²) < 4.78 is 0. The van der Waals surface area contributed by atoms with E-state index in [9.17, 15) is 9.90 Å². The maximum atomic E-state index is 11.3. The van der Waals surface area contributed by atoms with E-state index < -0.39 is 11.5 Å². The second kappa shape index (κ2) is 6.36. The van der Waals surface area contributed by atoms with Gasteiger partial charge in [0, 0.05) is 13.1 Å². The molecule has 1 rings (SSSR count). The number of nitrogens with zero attached hydrogens (tertiary/aromatic N) is 1. The highest BCUT2D eigenvalue weighted by Crippen LogP contribution is 2.20. The van der Waals surface area contributed by atoms with Gasteiger partial charge in [-0.05, 0) is 38.8 Å². The maximum absolute atomic E-state index is 11.3. The highest BCUT2D eigenvalue weighted by molar-refractivity contribution is 5.78. The molecule has 1 aliphatic rings. The van der Waals surface area contributed by atoms with Crippen molar-refractivity contribution < 1.29 is 9.90 Å². The number of hydrogen-bond acceptors (Lipinski definition) is 3. The molecule has 0 saturated carbocycles. The molecule has 0 aromatic rings. The quantitative estimate of drug-likeness (QED) is 0.711. The van der Waals surface area contributed by atoms with E-state index >= 15 is 0 Å². The second-order valence-corrected chi connectivity index (χ2v) is 5.28. The minimum Gasteiger partial charge on any atom is -0.480 e. The third-order valence-corrected chi connectivity index (χ3v) is 3.91. The summed E-state index contributed by atoms with van der Waals surface area (Å²) in [4.78, 5) is 13.7. The van der Waals surface area contributed by atoms with Crippen molar-refractivity contribution in [2.75, 3.05) is 26.2 Å². The van der Waals surface area contributed by atoms with Crippen molar-refractivity contribution in [3.63, 3.8) is 0 Å². The molecule has 0 amide bonds. The fourth-order valence-corrected chi connectivity index (χ4v) is 2.49. The van der Waals surface area contributed by atoms with Gasteiger partial charge in [0.1, 0.15) is 5.54 Å². The zero-order valence-electron chi connectivity index (χ0n) is 11.3. The number of rotatable bonds is 7. The third kappa shape index (κ3) is 3.96. The van der Waals surface area contributed by atoms with Gasteiger partial charge in [-0.25, -0.2) is 0 Å². The Labute approximate surface area is 104 Å². The Kier molecular flexibility index (Phi) is 5.40. The number of carbonyl (C=O) groups is 1. The zero-order valence-corrected chi connectivity index (χ0v) is 11.3. The lowest BCUT2D eigenvalue weighted by Crippen LogP contribution is -2.51. The van der Waals surface area contributed by atoms with Crippen LogP contribution in [0.1, 0.15) is 40.0 Å². The molecule has 0 bridgehead atoms. The summed E-state index contributed by atoms with van der Waals surface area (Å²) in [5, 5.41) is 12.3. The first-order valence-electron chi connectivity index (χ1n) is 6.72. The van der Waals surface area contributed by atoms with E-state index in [0.717, 1.165) is 25.6 Å². The van der Waals surface area contributed by atoms with E-state index in [1.165, 1.54) is 12.8 Å². The standard InChI is InChI=1S/C13H26N2O2/c1-4-11-6-8-15(10-11)9-7-13(3,12(16)17)14-5-2/h11,14H,4-10H2,1-3H3,(H,16,17). The summed E-state index contributed by atoms with van der Waals surface area (Å²) in [6.45, 7) is 9.80. The van der Waals surface area contributed by atoms with Crippen LogP contribution in [0.5, 0.6) is 0 Å². The number of likely N-dealkylation sites (tertiary alicyclic amines) is 1. The molecule has 2 N–H and O–H groups in total. The first-order chi connectivity index (χ1) is 8.01. The van der Waals surface area contributed by atoms with Crippen molar-refractivity contribution in [1.29, 1.82) is 0 Å². The van der Waals surface area contributed by atoms with Gasteiger partial charge in [-0.2, -0.15) is 0 Å². The van der Waals surface area contributed by atoms with E-state index in [4.69, 9.17) is 0 Å². The largest absolute Gasteiger partial charge is 0.480 e. The molecule has 0 aliphatic carbocycles. The number of carboxylic acid groups (broad SMARTS) is 1. The van der Waals surface area contributed by atoms with E-state index in [-0.39, 0.29) is 0 Å². The highest BCUT2D eigenvalue weighted by Gasteiger charge is 2.33. The summed E-state index contributed by atoms with van der Waals surface area (Å²) in [6.07, 6.45) is 3.17. The fraction of sp³-hybridized carbons (Fsp3) is 0.923. The lowest BCUT2D eigenvalue weighted by Gasteiger charge is -2.28. The van der Waals surface area contributed by atoms with Crippen LogP contribution in [0.15, 0.2) is 0 Å². The summed E-state index contributed by atoms with van der Waals surface area (Å²) in [6, 6.07) is 0. The van der Waals surface area contributed by atoms with Crippen LogP contribution in [0.2, 0.25) is 0 Å². The SMILES string of the molecule is CCNC(C)(CCN1CCC(CC)C1)C(=O)O. The average molecular weight is 242 g/mol. The van der Waals surface area contributed by atoms with Crippen molar-refractivity contribution in [2.24, 2.45) is 5.92 Å². The molecule has 1 heterocycles. The topological polar surface area (TPSA) is 52.6 Å². The molecule has 1 aliphatic heterocycles. The predicted molar refractivity (Wildman–Crippen MR) is 69.2 cm³/mol. The molecule has 0 aromatic heterocycles. The molecule has 0 spiro atoms. The molecule has 4 heteroatoms. The Morgan fingerprint density at radius 3 is 2.71 bits per heavy atom. The van der Waals surface area contributed by atoms with Gasteiger partial charge in [0.2, 0.25) is 0 Å². The van der Waals surface area contributed by atoms with Crippen molar-refractivity contribution in [3.8, 4) is 0 Å². The minimum atomic E-state index is -0.779. The number of likely N-dealkylation sites (N-methyl/N-ethyl adjacent to an activating group) is 1. The molecule has 0 aromatic carbocycles. The van der Waals surface area contributed by atoms with Gasteiger partial charge in [0.15, 0.2) is 0 Å². The number of aliphatic carboxylic acids is 1. The molecule has 1 fully saturated rings. The Morgan fingerprint density at radius 2 is 2.24 bits per heavy atom. The van der Waals surface area contributed by atoms with Crippen LogP contribution in [0.4, 0.5) is 0 Å². The molecule has 0 radical (unpaired) electrons. The van der Waals surface area contributed by atoms with Crippen LogP contribution < -0.4 is 5.32 Å². The van der Waals surface area contributed by atoms with Gasteiger partial charge in [-0.1, -0.05) is 20.3 Å². The van der Waals surface area contributed by atoms with E-state index in [1.54, 1.807) is 6.92 Å². The van der Waals surface area contributed by atoms with Crippen LogP contribution in [0.25, 0.3) is 0 Å². The van der Waals surface area contributed by atoms with Gasteiger partial charge in [-0.15, -0.1) is 0 Å². The zero-order chi connectivity index (χ0) is 12.9. The smallest absolute Gasteiger partial charge is 0.323 e. The first kappa shape index (κ1) is 14.5. The molecule has 1 saturated heterocycles. The summed E-state index contributed by atoms with van der Waals surface area (Å²) in [7, 11) is 0. The van der Waals surface area contributed by atoms with Crippen LogP contribution in [0.3, 0.4) is 0 Å². The van der Waals surface area contributed by atoms with E-state index in [0.29, 0.717) is 13.0 Å². The van der Waals surface area contributed by atoms with E-state index in [2.05, 4.69) is 17.1 Å². The van der Waals surface area contributed by atoms with Gasteiger partial charge >= 0.3 is 5.97 Å². The minimum absolute atomic E-state index is 0.673. The Morgan fingerprint density at radius 1 is 1.53 bits per heavy atom. The first-order valence-corrected chi connectivity index (χ1v) is 6.72. The van der Waals surface area contributed by atoms with Gasteiger partial charge in [-0.3, -0.25) is 4.79 Å². The van der Waals surface area contributed by atoms with Crippen LogP contribution in [-0.4, -0.2) is 47.7 Å². The predicted octanol–water partition coefficient (Wildman–Crippen LogP) is 1.56. The highest BCUT2D eigenvalue weighted by atomic mass is 16.4. The Bertz CT molecular complexity index is 258. The van der Waals surface area contributed by atoms with Gasteiger partial charge in [0.05, 0.1) is 0 Å². The molecule has 17 heavy (non-hydrogen) atoms. The van der Waals surface area contributed by atoms with Crippen molar-refractivity contribution >= 4 is 5.97 Å². The van der Waals surface area contributed by atoms with E-state index in [1.807, 2.05) is 6.92 Å². The number of hydrogen-bond donors (Lipinski definition) is 2. The summed E-state index contributed by atoms with van der Waals surface area (Å²) in [5.41, 5.74) is -0.779. The second-order valence-electron chi connectivity index (χ2n) is 5.28. The Hall–Kier alpha value is -0.610. The maximum Gasteiger partial charge on any atom is 0.323 e. The number of nitrogens with one attached hydrogen (secondary N) is 1. The van der Waals surface area contributed by atoms with Crippen molar-refractivity contribution in [2.45, 2.75) is 45.6 Å². The summed E-state index contributed by atoms with van der Waals surface area (Å²) >= 11 is 0. The van der Waals surface area contributed by atoms with Crippen LogP contribution in [0, 0.1) is 5.92 Å². The van der Waals surface area contributed by atoms with Crippen LogP contribution in [-0.2, 0) is 4.79 Å². The lowest BCUT2D eigenvalue weighted by molar-refractivity contribution is -0.144. The molecule has 4 nitrogen and oxygen atoms in total. The van der Waals surface area contributed by atoms with Crippen LogP contribution >= 0.6 is 0 Å². The van der Waals surface area contributed by atoms with Gasteiger partial charge < -0.3 is 15.3 Å². The summed E-state index contributed by atoms with van der Waals surface area (Å²) in [5.74, 6) is 0.0656.